The lowest BCUT2D eigenvalue weighted by Gasteiger charge is -2.31. The molecular weight excluding hydrogens is 286 g/mol. The molecule has 120 valence electrons. The number of benzene rings is 2. The second kappa shape index (κ2) is 7.68. The number of para-hydroxylation sites is 2. The van der Waals surface area contributed by atoms with Gasteiger partial charge in [0.15, 0.2) is 0 Å². The summed E-state index contributed by atoms with van der Waals surface area (Å²) in [5, 5.41) is 5.75. The summed E-state index contributed by atoms with van der Waals surface area (Å²) in [6, 6.07) is 18.0. The van der Waals surface area contributed by atoms with E-state index in [2.05, 4.69) is 39.8 Å². The van der Waals surface area contributed by atoms with Gasteiger partial charge < -0.3 is 15.5 Å². The molecule has 0 spiro atoms. The predicted octanol–water partition coefficient (Wildman–Crippen LogP) is 3.65. The SMILES string of the molecule is O=C(NCCCN1CCCc2ccccc21)Nc1ccccc1. The zero-order chi connectivity index (χ0) is 15.9. The number of amides is 2. The third-order valence-electron chi connectivity index (χ3n) is 4.13. The third kappa shape index (κ3) is 4.25. The number of carbonyl (C=O) groups is 1. The maximum atomic E-state index is 11.8. The normalized spacial score (nSPS) is 13.3. The van der Waals surface area contributed by atoms with E-state index in [-0.39, 0.29) is 6.03 Å². The molecule has 23 heavy (non-hydrogen) atoms. The smallest absolute Gasteiger partial charge is 0.319 e. The van der Waals surface area contributed by atoms with Crippen LogP contribution in [-0.4, -0.2) is 25.7 Å². The Balaban J connectivity index is 1.41. The fraction of sp³-hybridized carbons (Fsp3) is 0.316. The number of aryl methyl sites for hydroxylation is 1. The van der Waals surface area contributed by atoms with Gasteiger partial charge in [-0.15, -0.1) is 0 Å². The van der Waals surface area contributed by atoms with Crippen molar-refractivity contribution >= 4 is 17.4 Å². The van der Waals surface area contributed by atoms with Crippen molar-refractivity contribution in [3.8, 4) is 0 Å². The number of urea groups is 1. The monoisotopic (exact) mass is 309 g/mol. The Hall–Kier alpha value is -2.49. The summed E-state index contributed by atoms with van der Waals surface area (Å²) in [6.45, 7) is 2.76. The van der Waals surface area contributed by atoms with Crippen molar-refractivity contribution in [1.29, 1.82) is 0 Å². The minimum atomic E-state index is -0.143. The number of nitrogens with zero attached hydrogens (tertiary/aromatic N) is 1. The highest BCUT2D eigenvalue weighted by atomic mass is 16.2. The molecule has 0 atom stereocenters. The van der Waals surface area contributed by atoms with Gasteiger partial charge in [-0.1, -0.05) is 36.4 Å². The molecule has 0 radical (unpaired) electrons. The Bertz CT molecular complexity index is 642. The minimum Gasteiger partial charge on any atom is -0.371 e. The van der Waals surface area contributed by atoms with Gasteiger partial charge >= 0.3 is 6.03 Å². The van der Waals surface area contributed by atoms with Crippen LogP contribution in [0.15, 0.2) is 54.6 Å². The van der Waals surface area contributed by atoms with Crippen molar-refractivity contribution in [3.05, 3.63) is 60.2 Å². The lowest BCUT2D eigenvalue weighted by atomic mass is 10.0. The highest BCUT2D eigenvalue weighted by Gasteiger charge is 2.15. The van der Waals surface area contributed by atoms with E-state index in [4.69, 9.17) is 0 Å². The number of carbonyl (C=O) groups excluding carboxylic acids is 1. The predicted molar refractivity (Wildman–Crippen MR) is 95.1 cm³/mol. The second-order valence-corrected chi connectivity index (χ2v) is 5.82. The van der Waals surface area contributed by atoms with Gasteiger partial charge in [0, 0.05) is 31.0 Å². The molecule has 0 unspecified atom stereocenters. The zero-order valence-electron chi connectivity index (χ0n) is 13.3. The molecule has 0 aliphatic carbocycles. The molecule has 0 bridgehead atoms. The maximum absolute atomic E-state index is 11.8. The molecule has 0 fully saturated rings. The minimum absolute atomic E-state index is 0.143. The first-order chi connectivity index (χ1) is 11.3. The summed E-state index contributed by atoms with van der Waals surface area (Å²) in [7, 11) is 0. The number of hydrogen-bond acceptors (Lipinski definition) is 2. The highest BCUT2D eigenvalue weighted by molar-refractivity contribution is 5.89. The summed E-state index contributed by atoms with van der Waals surface area (Å²) < 4.78 is 0. The quantitative estimate of drug-likeness (QED) is 0.828. The van der Waals surface area contributed by atoms with Crippen LogP contribution in [-0.2, 0) is 6.42 Å². The standard InChI is InChI=1S/C19H23N3O/c23-19(21-17-10-2-1-3-11-17)20-13-7-15-22-14-6-9-16-8-4-5-12-18(16)22/h1-5,8,10-12H,6-7,9,13-15H2,(H2,20,21,23). The lowest BCUT2D eigenvalue weighted by molar-refractivity contribution is 0.252. The van der Waals surface area contributed by atoms with Gasteiger partial charge in [0.05, 0.1) is 0 Å². The molecule has 1 heterocycles. The van der Waals surface area contributed by atoms with Crippen LogP contribution in [0.3, 0.4) is 0 Å². The third-order valence-corrected chi connectivity index (χ3v) is 4.13. The van der Waals surface area contributed by atoms with Gasteiger partial charge in [0.1, 0.15) is 0 Å². The summed E-state index contributed by atoms with van der Waals surface area (Å²) >= 11 is 0. The summed E-state index contributed by atoms with van der Waals surface area (Å²) in [5.41, 5.74) is 3.61. The highest BCUT2D eigenvalue weighted by Crippen LogP contribution is 2.26. The average molecular weight is 309 g/mol. The number of hydrogen-bond donors (Lipinski definition) is 2. The topological polar surface area (TPSA) is 44.4 Å². The summed E-state index contributed by atoms with van der Waals surface area (Å²) in [6.07, 6.45) is 3.32. The Morgan fingerprint density at radius 2 is 1.83 bits per heavy atom. The van der Waals surface area contributed by atoms with Crippen molar-refractivity contribution in [2.75, 3.05) is 29.9 Å². The number of anilines is 2. The molecule has 4 heteroatoms. The van der Waals surface area contributed by atoms with Gasteiger partial charge in [-0.25, -0.2) is 4.79 Å². The van der Waals surface area contributed by atoms with E-state index in [1.54, 1.807) is 0 Å². The van der Waals surface area contributed by atoms with Crippen molar-refractivity contribution in [2.45, 2.75) is 19.3 Å². The van der Waals surface area contributed by atoms with Gasteiger partial charge in [0.2, 0.25) is 0 Å². The van der Waals surface area contributed by atoms with E-state index in [1.807, 2.05) is 30.3 Å². The van der Waals surface area contributed by atoms with Gasteiger partial charge in [-0.2, -0.15) is 0 Å². The molecule has 0 aromatic heterocycles. The van der Waals surface area contributed by atoms with E-state index in [9.17, 15) is 4.79 Å². The van der Waals surface area contributed by atoms with Crippen LogP contribution in [0.1, 0.15) is 18.4 Å². The van der Waals surface area contributed by atoms with Gasteiger partial charge in [-0.05, 0) is 43.0 Å². The fourth-order valence-electron chi connectivity index (χ4n) is 3.01. The van der Waals surface area contributed by atoms with Crippen LogP contribution in [0.25, 0.3) is 0 Å². The van der Waals surface area contributed by atoms with E-state index >= 15 is 0 Å². The van der Waals surface area contributed by atoms with Crippen LogP contribution in [0, 0.1) is 0 Å². The number of nitrogens with one attached hydrogen (secondary N) is 2. The van der Waals surface area contributed by atoms with Crippen molar-refractivity contribution in [1.82, 2.24) is 5.32 Å². The van der Waals surface area contributed by atoms with Crippen LogP contribution >= 0.6 is 0 Å². The first-order valence-corrected chi connectivity index (χ1v) is 8.26. The number of rotatable bonds is 5. The van der Waals surface area contributed by atoms with Crippen molar-refractivity contribution < 1.29 is 4.79 Å². The molecule has 2 N–H and O–H groups in total. The van der Waals surface area contributed by atoms with E-state index in [0.717, 1.165) is 25.2 Å². The van der Waals surface area contributed by atoms with Crippen molar-refractivity contribution in [3.63, 3.8) is 0 Å². The molecule has 3 rings (SSSR count). The molecule has 2 amide bonds. The number of fused-ring (bicyclic) bond motifs is 1. The Morgan fingerprint density at radius 3 is 2.70 bits per heavy atom. The average Bonchev–Trinajstić information content (AvgIpc) is 2.60. The molecule has 1 aliphatic heterocycles. The first kappa shape index (κ1) is 15.4. The van der Waals surface area contributed by atoms with Crippen molar-refractivity contribution in [2.24, 2.45) is 0 Å². The molecule has 1 aliphatic rings. The molecular formula is C19H23N3O. The van der Waals surface area contributed by atoms with Gasteiger partial charge in [-0.3, -0.25) is 0 Å². The molecule has 2 aromatic rings. The largest absolute Gasteiger partial charge is 0.371 e. The van der Waals surface area contributed by atoms with Crippen LogP contribution in [0.5, 0.6) is 0 Å². The van der Waals surface area contributed by atoms with Crippen LogP contribution in [0.4, 0.5) is 16.2 Å². The van der Waals surface area contributed by atoms with Gasteiger partial charge in [0.25, 0.3) is 0 Å². The molecule has 0 saturated carbocycles. The maximum Gasteiger partial charge on any atom is 0.319 e. The summed E-state index contributed by atoms with van der Waals surface area (Å²) in [5.74, 6) is 0. The zero-order valence-corrected chi connectivity index (χ0v) is 13.3. The molecule has 0 saturated heterocycles. The Kier molecular flexibility index (Phi) is 5.14. The lowest BCUT2D eigenvalue weighted by Crippen LogP contribution is -2.34. The van der Waals surface area contributed by atoms with E-state index in [1.165, 1.54) is 24.1 Å². The van der Waals surface area contributed by atoms with E-state index in [0.29, 0.717) is 6.54 Å². The molecule has 4 nitrogen and oxygen atoms in total. The Labute approximate surface area is 137 Å². The summed E-state index contributed by atoms with van der Waals surface area (Å²) in [4.78, 5) is 14.3. The van der Waals surface area contributed by atoms with Crippen LogP contribution in [0.2, 0.25) is 0 Å². The molecule has 2 aromatic carbocycles. The second-order valence-electron chi connectivity index (χ2n) is 5.82. The van der Waals surface area contributed by atoms with E-state index < -0.39 is 0 Å². The Morgan fingerprint density at radius 1 is 1.04 bits per heavy atom. The first-order valence-electron chi connectivity index (χ1n) is 8.26. The fourth-order valence-corrected chi connectivity index (χ4v) is 3.01. The van der Waals surface area contributed by atoms with Crippen LogP contribution < -0.4 is 15.5 Å².